The van der Waals surface area contributed by atoms with Crippen molar-refractivity contribution in [2.45, 2.75) is 20.0 Å². The summed E-state index contributed by atoms with van der Waals surface area (Å²) in [4.78, 5) is 13.3. The Kier molecular flexibility index (Phi) is 6.22. The van der Waals surface area contributed by atoms with Crippen LogP contribution >= 0.6 is 0 Å². The molecule has 0 radical (unpaired) electrons. The van der Waals surface area contributed by atoms with Crippen LogP contribution in [0.2, 0.25) is 0 Å². The second-order valence-electron chi connectivity index (χ2n) is 4.44. The van der Waals surface area contributed by atoms with Crippen LogP contribution in [0.5, 0.6) is 5.75 Å². The van der Waals surface area contributed by atoms with Gasteiger partial charge in [0.2, 0.25) is 0 Å². The van der Waals surface area contributed by atoms with Crippen molar-refractivity contribution in [3.63, 3.8) is 0 Å². The summed E-state index contributed by atoms with van der Waals surface area (Å²) in [5, 5.41) is 0. The molecule has 1 aromatic carbocycles. The number of ether oxygens (including phenoxy) is 2. The van der Waals surface area contributed by atoms with Gasteiger partial charge in [-0.25, -0.2) is 0 Å². The van der Waals surface area contributed by atoms with E-state index in [4.69, 9.17) is 9.47 Å². The molecule has 0 aromatic heterocycles. The van der Waals surface area contributed by atoms with E-state index in [1.807, 2.05) is 56.1 Å². The van der Waals surface area contributed by atoms with Crippen LogP contribution in [0, 0.1) is 0 Å². The molecule has 0 saturated carbocycles. The van der Waals surface area contributed by atoms with E-state index in [9.17, 15) is 4.79 Å². The predicted molar refractivity (Wildman–Crippen MR) is 70.7 cm³/mol. The molecule has 0 fully saturated rings. The molecule has 0 bridgehead atoms. The molecule has 1 aromatic rings. The maximum atomic E-state index is 11.4. The molecule has 18 heavy (non-hydrogen) atoms. The fourth-order valence-electron chi connectivity index (χ4n) is 1.44. The first kappa shape index (κ1) is 14.5. The normalized spacial score (nSPS) is 10.7. The Morgan fingerprint density at radius 3 is 2.56 bits per heavy atom. The van der Waals surface area contributed by atoms with Gasteiger partial charge in [0, 0.05) is 6.54 Å². The van der Waals surface area contributed by atoms with Crippen LogP contribution in [-0.2, 0) is 9.53 Å². The third-order valence-corrected chi connectivity index (χ3v) is 2.25. The molecular formula is C14H21NO3. The van der Waals surface area contributed by atoms with Gasteiger partial charge in [-0.15, -0.1) is 0 Å². The lowest BCUT2D eigenvalue weighted by Gasteiger charge is -2.17. The van der Waals surface area contributed by atoms with Crippen molar-refractivity contribution in [2.75, 3.05) is 26.7 Å². The standard InChI is InChI=1S/C14H21NO3/c1-12(2)18-14(16)11-15(3)9-10-17-13-7-5-4-6-8-13/h4-8,12H,9-11H2,1-3H3. The quantitative estimate of drug-likeness (QED) is 0.694. The predicted octanol–water partition coefficient (Wildman–Crippen LogP) is 1.95. The Morgan fingerprint density at radius 2 is 1.94 bits per heavy atom. The Hall–Kier alpha value is -1.55. The van der Waals surface area contributed by atoms with E-state index in [-0.39, 0.29) is 18.6 Å². The largest absolute Gasteiger partial charge is 0.492 e. The topological polar surface area (TPSA) is 38.8 Å². The first-order valence-corrected chi connectivity index (χ1v) is 6.14. The number of carbonyl (C=O) groups excluding carboxylic acids is 1. The highest BCUT2D eigenvalue weighted by Crippen LogP contribution is 2.07. The molecule has 100 valence electrons. The zero-order valence-electron chi connectivity index (χ0n) is 11.3. The molecule has 1 rings (SSSR count). The summed E-state index contributed by atoms with van der Waals surface area (Å²) in [6, 6.07) is 9.62. The van der Waals surface area contributed by atoms with Crippen molar-refractivity contribution in [1.82, 2.24) is 4.90 Å². The van der Waals surface area contributed by atoms with E-state index in [1.165, 1.54) is 0 Å². The molecule has 0 aliphatic rings. The molecular weight excluding hydrogens is 230 g/mol. The van der Waals surface area contributed by atoms with Gasteiger partial charge in [-0.2, -0.15) is 0 Å². The van der Waals surface area contributed by atoms with Gasteiger partial charge >= 0.3 is 5.97 Å². The fraction of sp³-hybridized carbons (Fsp3) is 0.500. The molecule has 4 heteroatoms. The van der Waals surface area contributed by atoms with Gasteiger partial charge in [0.25, 0.3) is 0 Å². The summed E-state index contributed by atoms with van der Waals surface area (Å²) in [5.41, 5.74) is 0. The van der Waals surface area contributed by atoms with E-state index in [0.29, 0.717) is 13.2 Å². The number of likely N-dealkylation sites (N-methyl/N-ethyl adjacent to an activating group) is 1. The number of benzene rings is 1. The van der Waals surface area contributed by atoms with Gasteiger partial charge in [-0.3, -0.25) is 9.69 Å². The van der Waals surface area contributed by atoms with Crippen molar-refractivity contribution in [2.24, 2.45) is 0 Å². The summed E-state index contributed by atoms with van der Waals surface area (Å²) in [5.74, 6) is 0.642. The maximum absolute atomic E-state index is 11.4. The minimum atomic E-state index is -0.202. The third kappa shape index (κ3) is 6.25. The van der Waals surface area contributed by atoms with E-state index in [2.05, 4.69) is 0 Å². The number of nitrogens with zero attached hydrogens (tertiary/aromatic N) is 1. The molecule has 0 heterocycles. The lowest BCUT2D eigenvalue weighted by molar-refractivity contribution is -0.148. The lowest BCUT2D eigenvalue weighted by Crippen LogP contribution is -2.31. The highest BCUT2D eigenvalue weighted by atomic mass is 16.5. The first-order chi connectivity index (χ1) is 8.58. The van der Waals surface area contributed by atoms with E-state index in [0.717, 1.165) is 5.75 Å². The SMILES string of the molecule is CC(C)OC(=O)CN(C)CCOc1ccccc1. The minimum absolute atomic E-state index is 0.0635. The Bertz CT molecular complexity index is 351. The van der Waals surface area contributed by atoms with Crippen LogP contribution in [0.25, 0.3) is 0 Å². The van der Waals surface area contributed by atoms with Gasteiger partial charge in [-0.1, -0.05) is 18.2 Å². The van der Waals surface area contributed by atoms with Crippen LogP contribution in [0.1, 0.15) is 13.8 Å². The van der Waals surface area contributed by atoms with Crippen molar-refractivity contribution in [1.29, 1.82) is 0 Å². The van der Waals surface area contributed by atoms with Crippen LogP contribution in [0.4, 0.5) is 0 Å². The monoisotopic (exact) mass is 251 g/mol. The van der Waals surface area contributed by atoms with E-state index >= 15 is 0 Å². The maximum Gasteiger partial charge on any atom is 0.320 e. The zero-order valence-corrected chi connectivity index (χ0v) is 11.3. The highest BCUT2D eigenvalue weighted by molar-refractivity contribution is 5.71. The Balaban J connectivity index is 2.17. The van der Waals surface area contributed by atoms with Crippen LogP contribution in [-0.4, -0.2) is 43.7 Å². The van der Waals surface area contributed by atoms with Crippen molar-refractivity contribution in [3.8, 4) is 5.75 Å². The van der Waals surface area contributed by atoms with E-state index in [1.54, 1.807) is 0 Å². The number of para-hydroxylation sites is 1. The Labute approximate surface area is 108 Å². The molecule has 0 aliphatic heterocycles. The minimum Gasteiger partial charge on any atom is -0.492 e. The lowest BCUT2D eigenvalue weighted by atomic mass is 10.3. The molecule has 0 aliphatic carbocycles. The fourth-order valence-corrected chi connectivity index (χ4v) is 1.44. The average molecular weight is 251 g/mol. The van der Waals surface area contributed by atoms with Crippen LogP contribution < -0.4 is 4.74 Å². The second kappa shape index (κ2) is 7.71. The summed E-state index contributed by atoms with van der Waals surface area (Å²) in [6.07, 6.45) is -0.0635. The molecule has 0 atom stereocenters. The molecule has 0 N–H and O–H groups in total. The summed E-state index contributed by atoms with van der Waals surface area (Å²) in [6.45, 7) is 5.21. The molecule has 4 nitrogen and oxygen atoms in total. The first-order valence-electron chi connectivity index (χ1n) is 6.14. The molecule has 0 saturated heterocycles. The van der Waals surface area contributed by atoms with Crippen LogP contribution in [0.3, 0.4) is 0 Å². The molecule has 0 amide bonds. The second-order valence-corrected chi connectivity index (χ2v) is 4.44. The van der Waals surface area contributed by atoms with Crippen LogP contribution in [0.15, 0.2) is 30.3 Å². The summed E-state index contributed by atoms with van der Waals surface area (Å²) in [7, 11) is 1.87. The van der Waals surface area contributed by atoms with Crippen molar-refractivity contribution >= 4 is 5.97 Å². The number of hydrogen-bond donors (Lipinski definition) is 0. The molecule has 0 spiro atoms. The van der Waals surface area contributed by atoms with Crippen molar-refractivity contribution < 1.29 is 14.3 Å². The van der Waals surface area contributed by atoms with Gasteiger partial charge in [0.05, 0.1) is 12.6 Å². The van der Waals surface area contributed by atoms with Gasteiger partial charge in [-0.05, 0) is 33.0 Å². The summed E-state index contributed by atoms with van der Waals surface area (Å²) >= 11 is 0. The molecule has 0 unspecified atom stereocenters. The summed E-state index contributed by atoms with van der Waals surface area (Å²) < 4.78 is 10.6. The number of carbonyl (C=O) groups is 1. The highest BCUT2D eigenvalue weighted by Gasteiger charge is 2.09. The Morgan fingerprint density at radius 1 is 1.28 bits per heavy atom. The average Bonchev–Trinajstić information content (AvgIpc) is 2.29. The third-order valence-electron chi connectivity index (χ3n) is 2.25. The van der Waals surface area contributed by atoms with Gasteiger partial charge in [0.15, 0.2) is 0 Å². The number of rotatable bonds is 7. The number of esters is 1. The van der Waals surface area contributed by atoms with Gasteiger partial charge < -0.3 is 9.47 Å². The van der Waals surface area contributed by atoms with Crippen molar-refractivity contribution in [3.05, 3.63) is 30.3 Å². The zero-order chi connectivity index (χ0) is 13.4. The van der Waals surface area contributed by atoms with Gasteiger partial charge in [0.1, 0.15) is 12.4 Å². The smallest absolute Gasteiger partial charge is 0.320 e. The van der Waals surface area contributed by atoms with E-state index < -0.39 is 0 Å². The number of hydrogen-bond acceptors (Lipinski definition) is 4.